The van der Waals surface area contributed by atoms with E-state index in [9.17, 15) is 19.5 Å². The van der Waals surface area contributed by atoms with Crippen molar-refractivity contribution in [3.63, 3.8) is 0 Å². The highest BCUT2D eigenvalue weighted by Crippen LogP contribution is 2.24. The molecule has 7 nitrogen and oxygen atoms in total. The van der Waals surface area contributed by atoms with E-state index < -0.39 is 30.2 Å². The Balaban J connectivity index is 2.21. The zero-order chi connectivity index (χ0) is 17.1. The molecule has 0 aliphatic carbocycles. The van der Waals surface area contributed by atoms with Gasteiger partial charge in [0.05, 0.1) is 12.5 Å². The van der Waals surface area contributed by atoms with Crippen molar-refractivity contribution in [3.05, 3.63) is 39.7 Å². The van der Waals surface area contributed by atoms with Gasteiger partial charge in [-0.15, -0.1) is 0 Å². The first-order valence-electron chi connectivity index (χ1n) is 6.98. The molecule has 0 saturated carbocycles. The number of hydrogen-bond acceptors (Lipinski definition) is 6. The maximum atomic E-state index is 11.7. The van der Waals surface area contributed by atoms with E-state index in [0.29, 0.717) is 16.9 Å². The summed E-state index contributed by atoms with van der Waals surface area (Å²) in [4.78, 5) is 33.7. The molecule has 2 aromatic rings. The summed E-state index contributed by atoms with van der Waals surface area (Å²) < 4.78 is 10.7. The summed E-state index contributed by atoms with van der Waals surface area (Å²) in [5.74, 6) is -1.64. The van der Waals surface area contributed by atoms with E-state index in [4.69, 9.17) is 9.15 Å². The van der Waals surface area contributed by atoms with Crippen molar-refractivity contribution in [3.8, 4) is 5.75 Å². The van der Waals surface area contributed by atoms with Gasteiger partial charge in [0, 0.05) is 17.0 Å². The maximum absolute atomic E-state index is 11.7. The Labute approximate surface area is 131 Å². The quantitative estimate of drug-likeness (QED) is 0.780. The van der Waals surface area contributed by atoms with Gasteiger partial charge in [-0.05, 0) is 38.5 Å². The third-order valence-electron chi connectivity index (χ3n) is 3.52. The number of nitrogens with one attached hydrogen (secondary N) is 1. The molecular formula is C16H16NO6-. The predicted molar refractivity (Wildman–Crippen MR) is 80.1 cm³/mol. The Morgan fingerprint density at radius 2 is 2.00 bits per heavy atom. The molecule has 0 aliphatic rings. The van der Waals surface area contributed by atoms with Gasteiger partial charge in [0.2, 0.25) is 0 Å². The molecule has 122 valence electrons. The Bertz CT molecular complexity index is 823. The molecular weight excluding hydrogens is 302 g/mol. The second kappa shape index (κ2) is 6.51. The molecule has 0 unspecified atom stereocenters. The Hall–Kier alpha value is -2.83. The molecule has 23 heavy (non-hydrogen) atoms. The number of carbonyl (C=O) groups excluding carboxylic acids is 2. The highest BCUT2D eigenvalue weighted by molar-refractivity contribution is 5.85. The third-order valence-corrected chi connectivity index (χ3v) is 3.52. The SMILES string of the molecule is Cc1c(C)c2ccc(O[C@@H](C)C(=O)NCC(=O)[O-])cc2oc1=O. The van der Waals surface area contributed by atoms with Crippen LogP contribution in [-0.4, -0.2) is 24.5 Å². The van der Waals surface area contributed by atoms with Crippen LogP contribution in [0.25, 0.3) is 11.0 Å². The maximum Gasteiger partial charge on any atom is 0.339 e. The lowest BCUT2D eigenvalue weighted by Crippen LogP contribution is -2.43. The van der Waals surface area contributed by atoms with E-state index in [2.05, 4.69) is 5.32 Å². The van der Waals surface area contributed by atoms with Gasteiger partial charge >= 0.3 is 5.63 Å². The van der Waals surface area contributed by atoms with Crippen LogP contribution in [-0.2, 0) is 9.59 Å². The summed E-state index contributed by atoms with van der Waals surface area (Å²) in [5, 5.41) is 13.3. The molecule has 0 saturated heterocycles. The van der Waals surface area contributed by atoms with Gasteiger partial charge in [-0.2, -0.15) is 0 Å². The Kier molecular flexibility index (Phi) is 4.68. The fraction of sp³-hybridized carbons (Fsp3) is 0.312. The normalized spacial score (nSPS) is 12.0. The van der Waals surface area contributed by atoms with E-state index in [-0.39, 0.29) is 0 Å². The zero-order valence-corrected chi connectivity index (χ0v) is 13.0. The molecule has 1 amide bonds. The van der Waals surface area contributed by atoms with Crippen LogP contribution in [0, 0.1) is 13.8 Å². The van der Waals surface area contributed by atoms with E-state index in [1.54, 1.807) is 19.1 Å². The first-order chi connectivity index (χ1) is 10.8. The van der Waals surface area contributed by atoms with Gasteiger partial charge in [-0.1, -0.05) is 0 Å². The molecule has 1 aromatic carbocycles. The summed E-state index contributed by atoms with van der Waals surface area (Å²) in [5.41, 5.74) is 1.30. The molecule has 0 aliphatic heterocycles. The van der Waals surface area contributed by atoms with Crippen molar-refractivity contribution >= 4 is 22.8 Å². The summed E-state index contributed by atoms with van der Waals surface area (Å²) in [6, 6.07) is 4.91. The minimum absolute atomic E-state index is 0.333. The van der Waals surface area contributed by atoms with Crippen molar-refractivity contribution in [1.82, 2.24) is 5.32 Å². The smallest absolute Gasteiger partial charge is 0.339 e. The second-order valence-corrected chi connectivity index (χ2v) is 5.15. The first kappa shape index (κ1) is 16.5. The minimum Gasteiger partial charge on any atom is -0.548 e. The molecule has 1 aromatic heterocycles. The molecule has 0 radical (unpaired) electrons. The summed E-state index contributed by atoms with van der Waals surface area (Å²) in [6.07, 6.45) is -0.912. The zero-order valence-electron chi connectivity index (χ0n) is 13.0. The Morgan fingerprint density at radius 1 is 1.30 bits per heavy atom. The van der Waals surface area contributed by atoms with Crippen LogP contribution in [0.2, 0.25) is 0 Å². The summed E-state index contributed by atoms with van der Waals surface area (Å²) in [7, 11) is 0. The number of fused-ring (bicyclic) bond motifs is 1. The van der Waals surface area contributed by atoms with Gasteiger partial charge in [-0.25, -0.2) is 4.79 Å². The molecule has 7 heteroatoms. The van der Waals surface area contributed by atoms with Crippen LogP contribution in [0.3, 0.4) is 0 Å². The number of carboxylic acid groups (broad SMARTS) is 1. The molecule has 0 spiro atoms. The number of aryl methyl sites for hydroxylation is 1. The lowest BCUT2D eigenvalue weighted by molar-refractivity contribution is -0.304. The molecule has 2 rings (SSSR count). The molecule has 1 N–H and O–H groups in total. The van der Waals surface area contributed by atoms with E-state index >= 15 is 0 Å². The molecule has 1 atom stereocenters. The van der Waals surface area contributed by atoms with Gasteiger partial charge < -0.3 is 24.4 Å². The van der Waals surface area contributed by atoms with Crippen LogP contribution < -0.4 is 20.8 Å². The number of ether oxygens (including phenoxy) is 1. The van der Waals surface area contributed by atoms with Crippen LogP contribution in [0.15, 0.2) is 27.4 Å². The van der Waals surface area contributed by atoms with Crippen molar-refractivity contribution in [1.29, 1.82) is 0 Å². The third kappa shape index (κ3) is 3.68. The largest absolute Gasteiger partial charge is 0.548 e. The number of carbonyl (C=O) groups is 2. The van der Waals surface area contributed by atoms with Gasteiger partial charge in [0.15, 0.2) is 6.10 Å². The van der Waals surface area contributed by atoms with Gasteiger partial charge in [-0.3, -0.25) is 4.79 Å². The highest BCUT2D eigenvalue weighted by Gasteiger charge is 2.15. The molecule has 0 bridgehead atoms. The van der Waals surface area contributed by atoms with E-state index in [0.717, 1.165) is 10.9 Å². The van der Waals surface area contributed by atoms with E-state index in [1.807, 2.05) is 6.92 Å². The topological polar surface area (TPSA) is 109 Å². The van der Waals surface area contributed by atoms with Crippen LogP contribution in [0.5, 0.6) is 5.75 Å². The number of carboxylic acids is 1. The van der Waals surface area contributed by atoms with Crippen LogP contribution >= 0.6 is 0 Å². The van der Waals surface area contributed by atoms with Crippen molar-refractivity contribution < 1.29 is 23.8 Å². The number of benzene rings is 1. The van der Waals surface area contributed by atoms with Crippen LogP contribution in [0.4, 0.5) is 0 Å². The average molecular weight is 318 g/mol. The van der Waals surface area contributed by atoms with Crippen LogP contribution in [0.1, 0.15) is 18.1 Å². The lowest BCUT2D eigenvalue weighted by atomic mass is 10.1. The second-order valence-electron chi connectivity index (χ2n) is 5.15. The average Bonchev–Trinajstić information content (AvgIpc) is 2.50. The Morgan fingerprint density at radius 3 is 2.65 bits per heavy atom. The van der Waals surface area contributed by atoms with Gasteiger partial charge in [0.1, 0.15) is 11.3 Å². The fourth-order valence-electron chi connectivity index (χ4n) is 2.06. The summed E-state index contributed by atoms with van der Waals surface area (Å²) in [6.45, 7) is 4.41. The number of aliphatic carboxylic acids is 1. The number of rotatable bonds is 5. The van der Waals surface area contributed by atoms with Crippen molar-refractivity contribution in [2.24, 2.45) is 0 Å². The van der Waals surface area contributed by atoms with Crippen molar-refractivity contribution in [2.45, 2.75) is 26.9 Å². The lowest BCUT2D eigenvalue weighted by Gasteiger charge is -2.15. The number of hydrogen-bond donors (Lipinski definition) is 1. The monoisotopic (exact) mass is 318 g/mol. The predicted octanol–water partition coefficient (Wildman–Crippen LogP) is 0.0432. The fourth-order valence-corrected chi connectivity index (χ4v) is 2.06. The highest BCUT2D eigenvalue weighted by atomic mass is 16.5. The summed E-state index contributed by atoms with van der Waals surface area (Å²) >= 11 is 0. The molecule has 0 fully saturated rings. The van der Waals surface area contributed by atoms with Gasteiger partial charge in [0.25, 0.3) is 5.91 Å². The minimum atomic E-state index is -1.39. The standard InChI is InChI=1S/C16H17NO6/c1-8-9(2)16(21)23-13-6-11(4-5-12(8)13)22-10(3)15(20)17-7-14(18)19/h4-6,10H,7H2,1-3H3,(H,17,20)(H,18,19)/p-1/t10-/m0/s1. The number of amides is 1. The molecule has 1 heterocycles. The van der Waals surface area contributed by atoms with E-state index in [1.165, 1.54) is 13.0 Å². The first-order valence-corrected chi connectivity index (χ1v) is 6.98. The van der Waals surface area contributed by atoms with Crippen molar-refractivity contribution in [2.75, 3.05) is 6.54 Å².